The van der Waals surface area contributed by atoms with Gasteiger partial charge in [-0.3, -0.25) is 62.9 Å². The number of nitrogens with zero attached hydrogens (tertiary/aromatic N) is 10. The summed E-state index contributed by atoms with van der Waals surface area (Å²) < 4.78 is 47.7. The molecule has 7 rings (SSSR count). The number of nitrogens with one attached hydrogen (secondary N) is 3. The predicted molar refractivity (Wildman–Crippen MR) is 388 cm³/mol. The molecule has 3 saturated carbocycles. The number of carbonyl (C=O) groups is 12. The highest BCUT2D eigenvalue weighted by Gasteiger charge is 2.52. The lowest BCUT2D eigenvalue weighted by molar-refractivity contribution is -0.160. The van der Waals surface area contributed by atoms with Gasteiger partial charge in [0.05, 0.1) is 48.5 Å². The van der Waals surface area contributed by atoms with Gasteiger partial charge < -0.3 is 64.4 Å². The highest BCUT2D eigenvalue weighted by atomic mass is 35.5. The number of morpholine rings is 1. The normalized spacial score (nSPS) is 27.3. The molecule has 3 aliphatic carbocycles. The first-order valence-corrected chi connectivity index (χ1v) is 38.3. The lowest BCUT2D eigenvalue weighted by Gasteiger charge is -2.45. The van der Waals surface area contributed by atoms with Gasteiger partial charge in [0.15, 0.2) is 0 Å². The fourth-order valence-corrected chi connectivity index (χ4v) is 16.3. The van der Waals surface area contributed by atoms with E-state index in [1.165, 1.54) is 106 Å². The number of aryl methyl sites for hydroxylation is 1. The van der Waals surface area contributed by atoms with Crippen molar-refractivity contribution in [2.75, 3.05) is 103 Å². The molecule has 0 aromatic heterocycles. The molecule has 26 nitrogen and oxygen atoms in total. The van der Waals surface area contributed by atoms with Crippen LogP contribution in [0.5, 0.6) is 0 Å². The monoisotopic (exact) mass is 1500 g/mol. The first-order valence-electron chi connectivity index (χ1n) is 37.9. The van der Waals surface area contributed by atoms with E-state index < -0.39 is 167 Å². The molecule has 10 atom stereocenters. The van der Waals surface area contributed by atoms with Crippen LogP contribution in [-0.4, -0.2) is 283 Å². The number of carbonyl (C=O) groups excluding carboxylic acids is 12. The summed E-state index contributed by atoms with van der Waals surface area (Å²) >= 11 is 6.22. The second-order valence-corrected chi connectivity index (χ2v) is 31.5. The Bertz CT molecular complexity index is 3270. The number of fused-ring (bicyclic) bond motifs is 1. The third-order valence-corrected chi connectivity index (χ3v) is 23.5. The Balaban J connectivity index is 1.35. The average Bonchev–Trinajstić information content (AvgIpc) is 1.39. The molecule has 30 heteroatoms. The quantitative estimate of drug-likeness (QED) is 0.206. The Morgan fingerprint density at radius 1 is 0.695 bits per heavy atom. The zero-order chi connectivity index (χ0) is 77.7. The largest absolute Gasteiger partial charge is 0.417 e. The van der Waals surface area contributed by atoms with Crippen molar-refractivity contribution in [2.45, 2.75) is 242 Å². The van der Waals surface area contributed by atoms with E-state index in [-0.39, 0.29) is 114 Å². The summed E-state index contributed by atoms with van der Waals surface area (Å²) in [5.41, 5.74) is -2.29. The van der Waals surface area contributed by atoms with Crippen LogP contribution < -0.4 is 16.0 Å². The lowest BCUT2D eigenvalue weighted by atomic mass is 9.84. The van der Waals surface area contributed by atoms with Crippen LogP contribution in [-0.2, 0) is 74.9 Å². The smallest absolute Gasteiger partial charge is 0.378 e. The van der Waals surface area contributed by atoms with E-state index in [0.29, 0.717) is 32.1 Å². The number of likely N-dealkylation sites (N-methyl/N-ethyl adjacent to an activating group) is 7. The molecular weight excluding hydrogens is 1380 g/mol. The van der Waals surface area contributed by atoms with E-state index in [0.717, 1.165) is 62.0 Å². The summed E-state index contributed by atoms with van der Waals surface area (Å²) in [7, 11) is 13.3. The molecule has 3 aliphatic heterocycles. The highest BCUT2D eigenvalue weighted by Crippen LogP contribution is 2.39. The molecule has 1 spiro atoms. The van der Waals surface area contributed by atoms with Gasteiger partial charge in [-0.2, -0.15) is 13.2 Å². The van der Waals surface area contributed by atoms with Gasteiger partial charge in [-0.15, -0.1) is 0 Å². The summed E-state index contributed by atoms with van der Waals surface area (Å²) in [6.45, 7) is 9.05. The number of alkyl halides is 3. The molecule has 3 N–H and O–H groups in total. The molecule has 1 unspecified atom stereocenters. The van der Waals surface area contributed by atoms with Crippen LogP contribution >= 0.6 is 11.6 Å². The maximum Gasteiger partial charge on any atom is 0.417 e. The van der Waals surface area contributed by atoms with Crippen molar-refractivity contribution in [1.82, 2.24) is 64.9 Å². The standard InChI is InChI=1S/C75H117ClF3N13O13/c1-15-47(4)63-71(102)85(9)48(5)66(97)92-36-33-55(92)69(100)87(11)57(43-49-23-17-16-18-24-49)68(99)84(8)45-60(93)80-54(30-28-50-27-29-52(53(76)42-50)75(77,78)79)67(98)89(13)59(31-32-61(94)83(6)7)82-74(34-21-22-35-74)73(104)90(14)64(51-25-19-20-26-51)72(103)88(12)58(70(101)91-37-39-105-40-38-91)44-62(95)86(10)56(41-46(2)3)65(96)81-63/h27,29,42,46-49,51,54-59,63-64,82H,15-26,28,30-41,43-45H2,1-14H3,(H,80,93)(H,81,96)/t47-,48-,54-,55-,56+,57-,58-,59-,63-,64?/m0/s1. The SMILES string of the molecule is CC[C@H](C)[C@@H]1NC(=O)[C@@H](CC(C)C)N(C)C(=O)C[C@@H](C(=O)N2CCOCC2)N(C)C(=O)C(C2CCCC2)N(C)C(=O)C2(CCCC2)N[C@H](CCC(=O)N(C)C)N(C)C(=O)[C@H](CCc2ccc(C(F)(F)F)c(Cl)c2)NC(=O)CN(C)C(=O)[C@H](CC2CCCCC2)N(C)C(=O)[C@@H]2CCN2C(=O)[C@H](C)N(C)C1=O. The number of halogens is 4. The van der Waals surface area contributed by atoms with E-state index >= 15 is 33.6 Å². The van der Waals surface area contributed by atoms with E-state index in [1.807, 2.05) is 20.8 Å². The summed E-state index contributed by atoms with van der Waals surface area (Å²) in [5.74, 6) is -8.38. The molecule has 1 aromatic rings. The van der Waals surface area contributed by atoms with Gasteiger partial charge >= 0.3 is 6.18 Å². The Hall–Kier alpha value is -7.14. The van der Waals surface area contributed by atoms with Crippen LogP contribution in [0.25, 0.3) is 0 Å². The maximum atomic E-state index is 16.1. The van der Waals surface area contributed by atoms with Crippen molar-refractivity contribution in [3.05, 3.63) is 34.3 Å². The summed E-state index contributed by atoms with van der Waals surface area (Å²) in [4.78, 5) is 194. The van der Waals surface area contributed by atoms with Crippen LogP contribution in [0.3, 0.4) is 0 Å². The molecule has 3 saturated heterocycles. The van der Waals surface area contributed by atoms with Crippen molar-refractivity contribution in [3.63, 3.8) is 0 Å². The van der Waals surface area contributed by atoms with Crippen LogP contribution in [0.1, 0.15) is 181 Å². The number of hydrogen-bond donors (Lipinski definition) is 3. The Kier molecular flexibility index (Phi) is 30.5. The van der Waals surface area contributed by atoms with Gasteiger partial charge in [0.25, 0.3) is 0 Å². The molecule has 6 aliphatic rings. The number of amides is 12. The first kappa shape index (κ1) is 85.1. The van der Waals surface area contributed by atoms with Crippen molar-refractivity contribution >= 4 is 82.5 Å². The molecule has 12 amide bonds. The van der Waals surface area contributed by atoms with Crippen molar-refractivity contribution in [2.24, 2.45) is 23.7 Å². The lowest BCUT2D eigenvalue weighted by Crippen LogP contribution is -2.66. The van der Waals surface area contributed by atoms with E-state index in [4.69, 9.17) is 16.3 Å². The fourth-order valence-electron chi connectivity index (χ4n) is 16.0. The third-order valence-electron chi connectivity index (χ3n) is 23.2. The Morgan fingerprint density at radius 2 is 1.32 bits per heavy atom. The zero-order valence-corrected chi connectivity index (χ0v) is 65.1. The first-order chi connectivity index (χ1) is 49.4. The molecule has 588 valence electrons. The van der Waals surface area contributed by atoms with Crippen LogP contribution in [0.15, 0.2) is 18.2 Å². The van der Waals surface area contributed by atoms with Crippen LogP contribution in [0.4, 0.5) is 13.2 Å². The Labute approximate surface area is 623 Å². The van der Waals surface area contributed by atoms with Gasteiger partial charge in [0.2, 0.25) is 70.9 Å². The van der Waals surface area contributed by atoms with Gasteiger partial charge in [-0.1, -0.05) is 110 Å². The van der Waals surface area contributed by atoms with Crippen molar-refractivity contribution in [3.8, 4) is 0 Å². The van der Waals surface area contributed by atoms with Crippen molar-refractivity contribution < 1.29 is 75.4 Å². The third kappa shape index (κ3) is 21.0. The van der Waals surface area contributed by atoms with Gasteiger partial charge in [0.1, 0.15) is 48.3 Å². The second-order valence-electron chi connectivity index (χ2n) is 31.1. The second kappa shape index (κ2) is 37.6. The summed E-state index contributed by atoms with van der Waals surface area (Å²) in [6, 6.07) is -6.74. The molecule has 105 heavy (non-hydrogen) atoms. The minimum atomic E-state index is -4.78. The van der Waals surface area contributed by atoms with Gasteiger partial charge in [-0.05, 0) is 112 Å². The molecular formula is C75H117ClF3N13O13. The van der Waals surface area contributed by atoms with Gasteiger partial charge in [0, 0.05) is 89.5 Å². The molecule has 0 bridgehead atoms. The highest BCUT2D eigenvalue weighted by molar-refractivity contribution is 6.31. The fraction of sp³-hybridized carbons (Fsp3) is 0.760. The summed E-state index contributed by atoms with van der Waals surface area (Å²) in [5, 5.41) is 8.71. The van der Waals surface area contributed by atoms with Crippen LogP contribution in [0.2, 0.25) is 5.02 Å². The van der Waals surface area contributed by atoms with E-state index in [2.05, 4.69) is 16.0 Å². The maximum absolute atomic E-state index is 16.1. The van der Waals surface area contributed by atoms with Gasteiger partial charge in [-0.25, -0.2) is 0 Å². The predicted octanol–water partition coefficient (Wildman–Crippen LogP) is 5.55. The molecule has 6 fully saturated rings. The molecule has 1 aromatic carbocycles. The number of rotatable bonds is 14. The van der Waals surface area contributed by atoms with E-state index in [9.17, 15) is 37.1 Å². The van der Waals surface area contributed by atoms with E-state index in [1.54, 1.807) is 21.0 Å². The zero-order valence-electron chi connectivity index (χ0n) is 64.3. The summed E-state index contributed by atoms with van der Waals surface area (Å²) in [6.07, 6.45) is 2.17. The number of ether oxygens (including phenoxy) is 1. The minimum absolute atomic E-state index is 0.0113. The molecule has 0 radical (unpaired) electrons. The van der Waals surface area contributed by atoms with Crippen LogP contribution in [0, 0.1) is 23.7 Å². The topological polar surface area (TPSA) is 283 Å². The van der Waals surface area contributed by atoms with Crippen molar-refractivity contribution in [1.29, 1.82) is 0 Å². The Morgan fingerprint density at radius 3 is 1.90 bits per heavy atom. The molecule has 3 heterocycles. The average molecular weight is 1500 g/mol. The number of benzene rings is 1. The number of hydrogen-bond acceptors (Lipinski definition) is 14. The minimum Gasteiger partial charge on any atom is -0.378 e.